The summed E-state index contributed by atoms with van der Waals surface area (Å²) in [6.45, 7) is 7.90. The molecule has 3 heterocycles. The number of anilines is 2. The van der Waals surface area contributed by atoms with Crippen LogP contribution >= 0.6 is 0 Å². The van der Waals surface area contributed by atoms with Crippen LogP contribution in [0.2, 0.25) is 0 Å². The highest BCUT2D eigenvalue weighted by molar-refractivity contribution is 5.95. The van der Waals surface area contributed by atoms with E-state index >= 15 is 0 Å². The number of nitrogens with one attached hydrogen (secondary N) is 1. The number of amides is 1. The lowest BCUT2D eigenvalue weighted by molar-refractivity contribution is -0.120. The van der Waals surface area contributed by atoms with Crippen molar-refractivity contribution in [2.45, 2.75) is 33.6 Å². The third-order valence-electron chi connectivity index (χ3n) is 5.48. The fourth-order valence-electron chi connectivity index (χ4n) is 3.87. The van der Waals surface area contributed by atoms with E-state index in [1.165, 1.54) is 6.33 Å². The molecule has 7 heteroatoms. The number of aromatic nitrogens is 2. The maximum Gasteiger partial charge on any atom is 0.231 e. The summed E-state index contributed by atoms with van der Waals surface area (Å²) in [5.41, 5.74) is 2.36. The largest absolute Gasteiger partial charge is 0.492 e. The minimum Gasteiger partial charge on any atom is -0.492 e. The summed E-state index contributed by atoms with van der Waals surface area (Å²) in [7, 11) is 0. The molecule has 0 unspecified atom stereocenters. The van der Waals surface area contributed by atoms with Gasteiger partial charge in [0.2, 0.25) is 11.6 Å². The lowest BCUT2D eigenvalue weighted by Crippen LogP contribution is -2.41. The number of para-hydroxylation sites is 2. The van der Waals surface area contributed by atoms with E-state index in [0.29, 0.717) is 30.3 Å². The van der Waals surface area contributed by atoms with Gasteiger partial charge in [0.05, 0.1) is 23.6 Å². The summed E-state index contributed by atoms with van der Waals surface area (Å²) in [5, 5.41) is 3.99. The maximum absolute atomic E-state index is 13.0. The monoisotopic (exact) mass is 394 g/mol. The van der Waals surface area contributed by atoms with Crippen LogP contribution in [0.25, 0.3) is 11.1 Å². The Balaban J connectivity index is 1.54. The highest BCUT2D eigenvalue weighted by Gasteiger charge is 2.29. The van der Waals surface area contributed by atoms with Crippen LogP contribution in [0.4, 0.5) is 11.5 Å². The molecule has 3 aromatic rings. The Morgan fingerprint density at radius 1 is 1.31 bits per heavy atom. The lowest BCUT2D eigenvalue weighted by Gasteiger charge is -2.33. The van der Waals surface area contributed by atoms with Crippen molar-refractivity contribution in [1.29, 1.82) is 0 Å². The molecule has 2 aromatic heterocycles. The zero-order chi connectivity index (χ0) is 20.4. The number of benzene rings is 1. The smallest absolute Gasteiger partial charge is 0.231 e. The third kappa shape index (κ3) is 3.77. The molecular weight excluding hydrogens is 368 g/mol. The Kier molecular flexibility index (Phi) is 5.38. The van der Waals surface area contributed by atoms with Crippen molar-refractivity contribution in [3.05, 3.63) is 41.9 Å². The molecule has 1 aliphatic heterocycles. The van der Waals surface area contributed by atoms with Crippen molar-refractivity contribution in [3.8, 4) is 5.75 Å². The van der Waals surface area contributed by atoms with Crippen molar-refractivity contribution in [3.63, 3.8) is 0 Å². The second-order valence-corrected chi connectivity index (χ2v) is 7.36. The van der Waals surface area contributed by atoms with Gasteiger partial charge in [-0.3, -0.25) is 4.79 Å². The number of hydrogen-bond acceptors (Lipinski definition) is 6. The number of fused-ring (bicyclic) bond motifs is 1. The van der Waals surface area contributed by atoms with Crippen LogP contribution in [-0.2, 0) is 4.79 Å². The minimum atomic E-state index is -0.128. The average Bonchev–Trinajstić information content (AvgIpc) is 3.03. The highest BCUT2D eigenvalue weighted by atomic mass is 16.5. The van der Waals surface area contributed by atoms with E-state index in [1.54, 1.807) is 0 Å². The molecule has 4 rings (SSSR count). The molecule has 1 aliphatic rings. The Morgan fingerprint density at radius 2 is 2.14 bits per heavy atom. The number of hydrogen-bond donors (Lipinski definition) is 1. The van der Waals surface area contributed by atoms with Gasteiger partial charge in [0.15, 0.2) is 0 Å². The van der Waals surface area contributed by atoms with E-state index in [2.05, 4.69) is 20.2 Å². The molecule has 29 heavy (non-hydrogen) atoms. The molecule has 152 valence electrons. The molecule has 1 saturated heterocycles. The van der Waals surface area contributed by atoms with Gasteiger partial charge in [-0.25, -0.2) is 9.97 Å². The van der Waals surface area contributed by atoms with Crippen LogP contribution < -0.4 is 15.0 Å². The molecule has 1 N–H and O–H groups in total. The SMILES string of the molecule is CCOc1ccccc1NC(=O)[C@@H]1CCCN(c2ncnc3oc(C)c(C)c23)C1. The quantitative estimate of drug-likeness (QED) is 0.702. The summed E-state index contributed by atoms with van der Waals surface area (Å²) in [5.74, 6) is 2.26. The Hall–Kier alpha value is -3.09. The van der Waals surface area contributed by atoms with Crippen molar-refractivity contribution in [1.82, 2.24) is 9.97 Å². The number of aryl methyl sites for hydroxylation is 2. The molecule has 0 spiro atoms. The van der Waals surface area contributed by atoms with Gasteiger partial charge >= 0.3 is 0 Å². The molecule has 0 aliphatic carbocycles. The average molecular weight is 394 g/mol. The molecule has 1 fully saturated rings. The van der Waals surface area contributed by atoms with E-state index in [0.717, 1.165) is 41.9 Å². The maximum atomic E-state index is 13.0. The number of nitrogens with zero attached hydrogens (tertiary/aromatic N) is 3. The van der Waals surface area contributed by atoms with E-state index in [9.17, 15) is 4.79 Å². The van der Waals surface area contributed by atoms with E-state index in [-0.39, 0.29) is 11.8 Å². The van der Waals surface area contributed by atoms with Crippen LogP contribution in [0.3, 0.4) is 0 Å². The topological polar surface area (TPSA) is 80.5 Å². The number of piperidine rings is 1. The van der Waals surface area contributed by atoms with Gasteiger partial charge in [-0.1, -0.05) is 12.1 Å². The first-order valence-corrected chi connectivity index (χ1v) is 10.1. The van der Waals surface area contributed by atoms with Gasteiger partial charge in [-0.05, 0) is 45.7 Å². The Morgan fingerprint density at radius 3 is 2.97 bits per heavy atom. The lowest BCUT2D eigenvalue weighted by atomic mass is 9.96. The summed E-state index contributed by atoms with van der Waals surface area (Å²) in [6, 6.07) is 7.54. The van der Waals surface area contributed by atoms with Gasteiger partial charge < -0.3 is 19.4 Å². The molecule has 0 bridgehead atoms. The first kappa shape index (κ1) is 19.2. The Labute approximate surface area is 170 Å². The highest BCUT2D eigenvalue weighted by Crippen LogP contribution is 2.33. The fourth-order valence-corrected chi connectivity index (χ4v) is 3.87. The number of furan rings is 1. The van der Waals surface area contributed by atoms with E-state index in [4.69, 9.17) is 9.15 Å². The van der Waals surface area contributed by atoms with Crippen molar-refractivity contribution in [2.24, 2.45) is 5.92 Å². The van der Waals surface area contributed by atoms with Gasteiger partial charge in [0, 0.05) is 18.7 Å². The fraction of sp³-hybridized carbons (Fsp3) is 0.409. The van der Waals surface area contributed by atoms with Crippen molar-refractivity contribution >= 4 is 28.5 Å². The van der Waals surface area contributed by atoms with Crippen LogP contribution in [0.1, 0.15) is 31.1 Å². The summed E-state index contributed by atoms with van der Waals surface area (Å²) in [6.07, 6.45) is 3.30. The molecule has 0 radical (unpaired) electrons. The van der Waals surface area contributed by atoms with E-state index < -0.39 is 0 Å². The standard InChI is InChI=1S/C22H26N4O3/c1-4-28-18-10-6-5-9-17(18)25-21(27)16-8-7-11-26(12-16)20-19-14(2)15(3)29-22(19)24-13-23-20/h5-6,9-10,13,16H,4,7-8,11-12H2,1-3H3,(H,25,27)/t16-/m1/s1. The van der Waals surface area contributed by atoms with Crippen molar-refractivity contribution in [2.75, 3.05) is 29.9 Å². The molecule has 1 aromatic carbocycles. The van der Waals surface area contributed by atoms with Crippen molar-refractivity contribution < 1.29 is 13.9 Å². The molecule has 7 nitrogen and oxygen atoms in total. The number of carbonyl (C=O) groups excluding carboxylic acids is 1. The van der Waals surface area contributed by atoms with Gasteiger partial charge in [-0.15, -0.1) is 0 Å². The normalized spacial score (nSPS) is 16.8. The summed E-state index contributed by atoms with van der Waals surface area (Å²) >= 11 is 0. The Bertz CT molecular complexity index is 1030. The molecule has 1 atom stereocenters. The van der Waals surface area contributed by atoms with Gasteiger partial charge in [-0.2, -0.15) is 0 Å². The van der Waals surface area contributed by atoms with Crippen LogP contribution in [0.15, 0.2) is 35.0 Å². The summed E-state index contributed by atoms with van der Waals surface area (Å²) in [4.78, 5) is 23.9. The number of carbonyl (C=O) groups is 1. The van der Waals surface area contributed by atoms with Crippen LogP contribution in [-0.4, -0.2) is 35.6 Å². The molecular formula is C22H26N4O3. The first-order chi connectivity index (χ1) is 14.1. The number of rotatable bonds is 5. The van der Waals surface area contributed by atoms with Crippen LogP contribution in [0, 0.1) is 19.8 Å². The number of ether oxygens (including phenoxy) is 1. The van der Waals surface area contributed by atoms with Crippen LogP contribution in [0.5, 0.6) is 5.75 Å². The molecule has 0 saturated carbocycles. The second-order valence-electron chi connectivity index (χ2n) is 7.36. The van der Waals surface area contributed by atoms with Gasteiger partial charge in [0.1, 0.15) is 23.7 Å². The minimum absolute atomic E-state index is 0.00671. The zero-order valence-corrected chi connectivity index (χ0v) is 17.1. The van der Waals surface area contributed by atoms with Gasteiger partial charge in [0.25, 0.3) is 0 Å². The molecule has 1 amide bonds. The zero-order valence-electron chi connectivity index (χ0n) is 17.1. The first-order valence-electron chi connectivity index (χ1n) is 10.1. The summed E-state index contributed by atoms with van der Waals surface area (Å²) < 4.78 is 11.4. The predicted molar refractivity (Wildman–Crippen MR) is 112 cm³/mol. The van der Waals surface area contributed by atoms with E-state index in [1.807, 2.05) is 45.0 Å². The third-order valence-corrected chi connectivity index (χ3v) is 5.48. The predicted octanol–water partition coefficient (Wildman–Crippen LogP) is 4.09. The second kappa shape index (κ2) is 8.11.